The molecule has 2 rings (SSSR count). The molecule has 0 fully saturated rings. The molecule has 0 saturated carbocycles. The lowest BCUT2D eigenvalue weighted by Gasteiger charge is -2.10. The van der Waals surface area contributed by atoms with Crippen molar-refractivity contribution in [2.75, 3.05) is 11.1 Å². The first-order chi connectivity index (χ1) is 9.79. The summed E-state index contributed by atoms with van der Waals surface area (Å²) < 4.78 is 0. The first-order valence-corrected chi connectivity index (χ1v) is 7.32. The molecular formula is C14H10Cl4N2O. The number of hydrogen-bond acceptors (Lipinski definition) is 2. The molecule has 1 amide bonds. The average Bonchev–Trinajstić information content (AvgIpc) is 2.41. The molecule has 0 bridgehead atoms. The molecule has 0 aliphatic heterocycles. The summed E-state index contributed by atoms with van der Waals surface area (Å²) in [5.74, 6) is -0.416. The van der Waals surface area contributed by atoms with Gasteiger partial charge in [-0.3, -0.25) is 4.79 Å². The van der Waals surface area contributed by atoms with Crippen LogP contribution in [-0.2, 0) is 0 Å². The first kappa shape index (κ1) is 16.2. The second kappa shape index (κ2) is 6.32. The largest absolute Gasteiger partial charge is 0.396 e. The molecule has 0 spiro atoms. The van der Waals surface area contributed by atoms with Crippen molar-refractivity contribution >= 4 is 63.7 Å². The van der Waals surface area contributed by atoms with Gasteiger partial charge in [-0.05, 0) is 36.8 Å². The molecule has 0 unspecified atom stereocenters. The number of anilines is 2. The van der Waals surface area contributed by atoms with Gasteiger partial charge in [0.25, 0.3) is 5.91 Å². The van der Waals surface area contributed by atoms with Gasteiger partial charge in [-0.1, -0.05) is 46.4 Å². The molecular weight excluding hydrogens is 354 g/mol. The van der Waals surface area contributed by atoms with Crippen molar-refractivity contribution in [3.8, 4) is 0 Å². The minimum absolute atomic E-state index is 0.209. The van der Waals surface area contributed by atoms with Crippen molar-refractivity contribution < 1.29 is 4.79 Å². The van der Waals surface area contributed by atoms with Crippen molar-refractivity contribution in [3.05, 3.63) is 55.5 Å². The van der Waals surface area contributed by atoms with Crippen molar-refractivity contribution in [1.29, 1.82) is 0 Å². The Kier molecular flexibility index (Phi) is 4.89. The molecule has 0 aliphatic carbocycles. The smallest absolute Gasteiger partial charge is 0.255 e. The highest BCUT2D eigenvalue weighted by atomic mass is 35.5. The summed E-state index contributed by atoms with van der Waals surface area (Å²) in [7, 11) is 0. The lowest BCUT2D eigenvalue weighted by Crippen LogP contribution is -2.12. The van der Waals surface area contributed by atoms with E-state index in [2.05, 4.69) is 5.32 Å². The van der Waals surface area contributed by atoms with E-state index in [0.717, 1.165) is 5.56 Å². The van der Waals surface area contributed by atoms with Gasteiger partial charge in [0, 0.05) is 10.6 Å². The molecule has 2 aromatic carbocycles. The number of carbonyl (C=O) groups is 1. The predicted octanol–water partition coefficient (Wildman–Crippen LogP) is 5.44. The highest BCUT2D eigenvalue weighted by molar-refractivity contribution is 6.39. The third-order valence-corrected chi connectivity index (χ3v) is 4.18. The summed E-state index contributed by atoms with van der Waals surface area (Å²) in [6.07, 6.45) is 0. The van der Waals surface area contributed by atoms with Gasteiger partial charge in [-0.15, -0.1) is 0 Å². The number of rotatable bonds is 2. The van der Waals surface area contributed by atoms with Gasteiger partial charge >= 0.3 is 0 Å². The van der Waals surface area contributed by atoms with Crippen LogP contribution in [-0.4, -0.2) is 5.91 Å². The second-order valence-electron chi connectivity index (χ2n) is 4.39. The Morgan fingerprint density at radius 1 is 0.952 bits per heavy atom. The molecule has 3 N–H and O–H groups in total. The van der Waals surface area contributed by atoms with E-state index in [1.165, 1.54) is 12.1 Å². The van der Waals surface area contributed by atoms with Gasteiger partial charge in [0.2, 0.25) is 0 Å². The maximum absolute atomic E-state index is 12.2. The maximum Gasteiger partial charge on any atom is 0.255 e. The fraction of sp³-hybridized carbons (Fsp3) is 0.0714. The molecule has 0 heterocycles. The van der Waals surface area contributed by atoms with Crippen LogP contribution >= 0.6 is 46.4 Å². The van der Waals surface area contributed by atoms with Crippen LogP contribution < -0.4 is 11.1 Å². The SMILES string of the molecule is Cc1cc(Cl)c(NC(=O)c2cc(Cl)c(N)c(Cl)c2)cc1Cl. The Bertz CT molecular complexity index is 708. The summed E-state index contributed by atoms with van der Waals surface area (Å²) in [4.78, 5) is 12.2. The molecule has 0 radical (unpaired) electrons. The Labute approximate surface area is 141 Å². The van der Waals surface area contributed by atoms with Gasteiger partial charge in [0.15, 0.2) is 0 Å². The lowest BCUT2D eigenvalue weighted by molar-refractivity contribution is 0.102. The zero-order valence-electron chi connectivity index (χ0n) is 10.8. The monoisotopic (exact) mass is 362 g/mol. The minimum atomic E-state index is -0.416. The van der Waals surface area contributed by atoms with Gasteiger partial charge < -0.3 is 11.1 Å². The molecule has 0 saturated heterocycles. The fourth-order valence-electron chi connectivity index (χ4n) is 1.65. The first-order valence-electron chi connectivity index (χ1n) is 5.81. The Morgan fingerprint density at radius 2 is 1.52 bits per heavy atom. The number of benzene rings is 2. The van der Waals surface area contributed by atoms with Crippen LogP contribution in [0.3, 0.4) is 0 Å². The number of amides is 1. The van der Waals surface area contributed by atoms with Crippen LogP contribution in [0.25, 0.3) is 0 Å². The number of nitrogen functional groups attached to an aromatic ring is 1. The number of nitrogens with one attached hydrogen (secondary N) is 1. The third-order valence-electron chi connectivity index (χ3n) is 2.84. The number of halogens is 4. The summed E-state index contributed by atoms with van der Waals surface area (Å²) in [5.41, 5.74) is 7.35. The van der Waals surface area contributed by atoms with Gasteiger partial charge in [0.1, 0.15) is 0 Å². The molecule has 7 heteroatoms. The summed E-state index contributed by atoms with van der Waals surface area (Å²) in [5, 5.41) is 3.96. The van der Waals surface area contributed by atoms with Gasteiger partial charge in [-0.2, -0.15) is 0 Å². The third kappa shape index (κ3) is 3.55. The van der Waals surface area contributed by atoms with Crippen molar-refractivity contribution in [3.63, 3.8) is 0 Å². The van der Waals surface area contributed by atoms with Crippen LogP contribution in [0.4, 0.5) is 11.4 Å². The average molecular weight is 364 g/mol. The quantitative estimate of drug-likeness (QED) is 0.697. The highest BCUT2D eigenvalue weighted by Crippen LogP contribution is 2.31. The number of carbonyl (C=O) groups excluding carboxylic acids is 1. The Hall–Kier alpha value is -1.13. The van der Waals surface area contributed by atoms with E-state index in [9.17, 15) is 4.79 Å². The zero-order chi connectivity index (χ0) is 15.7. The van der Waals surface area contributed by atoms with Crippen molar-refractivity contribution in [2.24, 2.45) is 0 Å². The molecule has 21 heavy (non-hydrogen) atoms. The highest BCUT2D eigenvalue weighted by Gasteiger charge is 2.13. The summed E-state index contributed by atoms with van der Waals surface area (Å²) in [6, 6.07) is 6.11. The second-order valence-corrected chi connectivity index (χ2v) is 6.02. The standard InChI is InChI=1S/C14H10Cl4N2O/c1-6-2-9(16)12(5-8(6)15)20-14(21)7-3-10(17)13(19)11(18)4-7/h2-5H,19H2,1H3,(H,20,21). The maximum atomic E-state index is 12.2. The van der Waals surface area contributed by atoms with E-state index in [1.807, 2.05) is 6.92 Å². The summed E-state index contributed by atoms with van der Waals surface area (Å²) in [6.45, 7) is 1.82. The predicted molar refractivity (Wildman–Crippen MR) is 90.0 cm³/mol. The Morgan fingerprint density at radius 3 is 2.10 bits per heavy atom. The fourth-order valence-corrected chi connectivity index (χ4v) is 2.57. The van der Waals surface area contributed by atoms with E-state index < -0.39 is 5.91 Å². The van der Waals surface area contributed by atoms with Crippen LogP contribution in [0, 0.1) is 6.92 Å². The molecule has 110 valence electrons. The van der Waals surface area contributed by atoms with E-state index in [-0.39, 0.29) is 21.3 Å². The molecule has 0 aromatic heterocycles. The van der Waals surface area contributed by atoms with E-state index in [1.54, 1.807) is 12.1 Å². The van der Waals surface area contributed by atoms with Crippen LogP contribution in [0.1, 0.15) is 15.9 Å². The molecule has 0 atom stereocenters. The number of hydrogen-bond donors (Lipinski definition) is 2. The van der Waals surface area contributed by atoms with Crippen molar-refractivity contribution in [1.82, 2.24) is 0 Å². The molecule has 3 nitrogen and oxygen atoms in total. The van der Waals surface area contributed by atoms with Gasteiger partial charge in [-0.25, -0.2) is 0 Å². The number of nitrogens with two attached hydrogens (primary N) is 1. The van der Waals surface area contributed by atoms with E-state index >= 15 is 0 Å². The lowest BCUT2D eigenvalue weighted by atomic mass is 10.1. The normalized spacial score (nSPS) is 10.5. The van der Waals surface area contributed by atoms with E-state index in [0.29, 0.717) is 15.7 Å². The zero-order valence-corrected chi connectivity index (χ0v) is 13.8. The number of aryl methyl sites for hydroxylation is 1. The van der Waals surface area contributed by atoms with Crippen LogP contribution in [0.15, 0.2) is 24.3 Å². The van der Waals surface area contributed by atoms with Crippen LogP contribution in [0.2, 0.25) is 20.1 Å². The van der Waals surface area contributed by atoms with E-state index in [4.69, 9.17) is 52.1 Å². The minimum Gasteiger partial charge on any atom is -0.396 e. The van der Waals surface area contributed by atoms with Gasteiger partial charge in [0.05, 0.1) is 26.4 Å². The topological polar surface area (TPSA) is 55.1 Å². The van der Waals surface area contributed by atoms with Crippen molar-refractivity contribution in [2.45, 2.75) is 6.92 Å². The summed E-state index contributed by atoms with van der Waals surface area (Å²) >= 11 is 23.9. The molecule has 2 aromatic rings. The molecule has 0 aliphatic rings. The Balaban J connectivity index is 2.32. The van der Waals surface area contributed by atoms with Crippen LogP contribution in [0.5, 0.6) is 0 Å².